The molecular weight excluding hydrogens is 384 g/mol. The monoisotopic (exact) mass is 412 g/mol. The molecule has 0 bridgehead atoms. The van der Waals surface area contributed by atoms with Crippen LogP contribution in [0.15, 0.2) is 48.8 Å². The molecule has 1 fully saturated rings. The van der Waals surface area contributed by atoms with Crippen LogP contribution in [0.5, 0.6) is 0 Å². The third-order valence-corrected chi connectivity index (χ3v) is 4.77. The van der Waals surface area contributed by atoms with Crippen LogP contribution in [0.2, 0.25) is 0 Å². The molecule has 2 heterocycles. The molecule has 2 aromatic rings. The molecule has 2 N–H and O–H groups in total. The average molecular weight is 412 g/mol. The Morgan fingerprint density at radius 2 is 1.73 bits per heavy atom. The summed E-state index contributed by atoms with van der Waals surface area (Å²) in [6, 6.07) is 10.9. The van der Waals surface area contributed by atoms with Crippen LogP contribution in [0.1, 0.15) is 44.0 Å². The molecule has 8 heteroatoms. The molecule has 1 aromatic carbocycles. The van der Waals surface area contributed by atoms with E-state index in [4.69, 9.17) is 4.74 Å². The minimum absolute atomic E-state index is 0.260. The van der Waals surface area contributed by atoms with Gasteiger partial charge in [-0.1, -0.05) is 12.1 Å². The van der Waals surface area contributed by atoms with E-state index in [1.54, 1.807) is 37.8 Å². The maximum atomic E-state index is 12.7. The van der Waals surface area contributed by atoms with Gasteiger partial charge in [-0.2, -0.15) is 0 Å². The molecule has 0 radical (unpaired) electrons. The maximum Gasteiger partial charge on any atom is 0.410 e. The number of ether oxygens (including phenoxy) is 1. The summed E-state index contributed by atoms with van der Waals surface area (Å²) in [6.07, 6.45) is 4.60. The fourth-order valence-electron chi connectivity index (χ4n) is 3.36. The maximum absolute atomic E-state index is 12.7. The molecule has 0 aliphatic carbocycles. The van der Waals surface area contributed by atoms with Gasteiger partial charge < -0.3 is 14.2 Å². The van der Waals surface area contributed by atoms with Gasteiger partial charge in [0, 0.05) is 25.5 Å². The van der Waals surface area contributed by atoms with E-state index < -0.39 is 23.5 Å². The Balaban J connectivity index is 1.58. The topological polar surface area (TPSA) is 92.7 Å². The van der Waals surface area contributed by atoms with Gasteiger partial charge in [0.2, 0.25) is 5.91 Å². The number of rotatable bonds is 3. The summed E-state index contributed by atoms with van der Waals surface area (Å²) in [7, 11) is 0. The van der Waals surface area contributed by atoms with Gasteiger partial charge in [0.05, 0.1) is 17.2 Å². The lowest BCUT2D eigenvalue weighted by molar-refractivity contribution is -0.127. The second-order valence-electron chi connectivity index (χ2n) is 8.32. The molecule has 1 aliphatic rings. The van der Waals surface area contributed by atoms with Gasteiger partial charge in [0.1, 0.15) is 5.60 Å². The minimum atomic E-state index is -0.590. The van der Waals surface area contributed by atoms with Gasteiger partial charge in [0.25, 0.3) is 5.91 Å². The highest BCUT2D eigenvalue weighted by molar-refractivity contribution is 5.98. The summed E-state index contributed by atoms with van der Waals surface area (Å²) in [4.78, 5) is 39.1. The molecule has 1 aliphatic heterocycles. The first-order valence-electron chi connectivity index (χ1n) is 10.0. The van der Waals surface area contributed by atoms with E-state index in [9.17, 15) is 14.4 Å². The summed E-state index contributed by atoms with van der Waals surface area (Å²) in [5.41, 5.74) is 5.56. The highest BCUT2D eigenvalue weighted by atomic mass is 16.6. The Hall–Kier alpha value is -3.29. The normalized spacial score (nSPS) is 16.6. The summed E-state index contributed by atoms with van der Waals surface area (Å²) in [5.74, 6) is -1.14. The number of carbonyl (C=O) groups excluding carboxylic acids is 3. The number of nitrogens with one attached hydrogen (secondary N) is 2. The molecule has 1 aromatic heterocycles. The fourth-order valence-corrected chi connectivity index (χ4v) is 3.36. The average Bonchev–Trinajstić information content (AvgIpc) is 3.25. The lowest BCUT2D eigenvalue weighted by atomic mass is 9.98. The standard InChI is InChI=1S/C22H28N4O4/c1-22(2,3)30-21(29)26-14-8-9-16(15-26)19(27)23-24-20(28)17-10-4-5-11-18(17)25-12-6-7-13-25/h4-7,10-13,16H,8-9,14-15H2,1-3H3,(H,23,27)(H,24,28)/t16-/m1/s1. The predicted molar refractivity (Wildman–Crippen MR) is 112 cm³/mol. The first-order valence-corrected chi connectivity index (χ1v) is 10.0. The molecule has 0 unspecified atom stereocenters. The van der Waals surface area contributed by atoms with Gasteiger partial charge in [-0.05, 0) is 57.9 Å². The van der Waals surface area contributed by atoms with Crippen molar-refractivity contribution >= 4 is 17.9 Å². The zero-order valence-corrected chi connectivity index (χ0v) is 17.6. The number of para-hydroxylation sites is 1. The van der Waals surface area contributed by atoms with Crippen LogP contribution < -0.4 is 10.9 Å². The lowest BCUT2D eigenvalue weighted by Crippen LogP contribution is -2.50. The van der Waals surface area contributed by atoms with Crippen LogP contribution in [-0.4, -0.2) is 46.1 Å². The van der Waals surface area contributed by atoms with Crippen molar-refractivity contribution in [2.75, 3.05) is 13.1 Å². The fraction of sp³-hybridized carbons (Fsp3) is 0.409. The van der Waals surface area contributed by atoms with Gasteiger partial charge in [-0.25, -0.2) is 4.79 Å². The Morgan fingerprint density at radius 1 is 1.03 bits per heavy atom. The van der Waals surface area contributed by atoms with E-state index in [1.807, 2.05) is 41.2 Å². The molecular formula is C22H28N4O4. The van der Waals surface area contributed by atoms with Crippen molar-refractivity contribution < 1.29 is 19.1 Å². The largest absolute Gasteiger partial charge is 0.444 e. The number of nitrogens with zero attached hydrogens (tertiary/aromatic N) is 2. The van der Waals surface area contributed by atoms with Crippen LogP contribution >= 0.6 is 0 Å². The van der Waals surface area contributed by atoms with Crippen molar-refractivity contribution in [3.05, 3.63) is 54.4 Å². The van der Waals surface area contributed by atoms with Crippen molar-refractivity contribution in [2.45, 2.75) is 39.2 Å². The molecule has 30 heavy (non-hydrogen) atoms. The number of amides is 3. The second kappa shape index (κ2) is 9.02. The number of hydrazine groups is 1. The molecule has 160 valence electrons. The molecule has 0 spiro atoms. The van der Waals surface area contributed by atoms with Gasteiger partial charge in [-0.15, -0.1) is 0 Å². The molecule has 3 rings (SSSR count). The lowest BCUT2D eigenvalue weighted by Gasteiger charge is -2.33. The van der Waals surface area contributed by atoms with E-state index in [2.05, 4.69) is 10.9 Å². The SMILES string of the molecule is CC(C)(C)OC(=O)N1CCC[C@@H](C(=O)NNC(=O)c2ccccc2-n2cccc2)C1. The first kappa shape index (κ1) is 21.4. The van der Waals surface area contributed by atoms with E-state index in [0.29, 0.717) is 30.6 Å². The number of hydrogen-bond acceptors (Lipinski definition) is 4. The van der Waals surface area contributed by atoms with Crippen molar-refractivity contribution in [1.82, 2.24) is 20.3 Å². The predicted octanol–water partition coefficient (Wildman–Crippen LogP) is 2.89. The third-order valence-electron chi connectivity index (χ3n) is 4.77. The molecule has 1 saturated heterocycles. The van der Waals surface area contributed by atoms with E-state index >= 15 is 0 Å². The van der Waals surface area contributed by atoms with Crippen LogP contribution in [-0.2, 0) is 9.53 Å². The molecule has 8 nitrogen and oxygen atoms in total. The third kappa shape index (κ3) is 5.40. The highest BCUT2D eigenvalue weighted by Gasteiger charge is 2.31. The number of aromatic nitrogens is 1. The van der Waals surface area contributed by atoms with Crippen LogP contribution in [0.25, 0.3) is 5.69 Å². The summed E-state index contributed by atoms with van der Waals surface area (Å²) in [5, 5.41) is 0. The van der Waals surface area contributed by atoms with Gasteiger partial charge >= 0.3 is 6.09 Å². The Kier molecular flexibility index (Phi) is 6.44. The zero-order chi connectivity index (χ0) is 21.7. The Bertz CT molecular complexity index is 902. The van der Waals surface area contributed by atoms with Gasteiger partial charge in [-0.3, -0.25) is 20.4 Å². The number of benzene rings is 1. The van der Waals surface area contributed by atoms with E-state index in [0.717, 1.165) is 0 Å². The highest BCUT2D eigenvalue weighted by Crippen LogP contribution is 2.19. The minimum Gasteiger partial charge on any atom is -0.444 e. The molecule has 0 saturated carbocycles. The zero-order valence-electron chi connectivity index (χ0n) is 17.6. The first-order chi connectivity index (χ1) is 14.2. The number of hydrogen-bond donors (Lipinski definition) is 2. The second-order valence-corrected chi connectivity index (χ2v) is 8.32. The molecule has 3 amide bonds. The smallest absolute Gasteiger partial charge is 0.410 e. The number of piperidine rings is 1. The van der Waals surface area contributed by atoms with Crippen molar-refractivity contribution in [1.29, 1.82) is 0 Å². The van der Waals surface area contributed by atoms with Crippen LogP contribution in [0.4, 0.5) is 4.79 Å². The van der Waals surface area contributed by atoms with Crippen LogP contribution in [0.3, 0.4) is 0 Å². The Morgan fingerprint density at radius 3 is 2.43 bits per heavy atom. The van der Waals surface area contributed by atoms with Crippen molar-refractivity contribution in [3.63, 3.8) is 0 Å². The number of likely N-dealkylation sites (tertiary alicyclic amines) is 1. The van der Waals surface area contributed by atoms with Crippen molar-refractivity contribution in [2.24, 2.45) is 5.92 Å². The summed E-state index contributed by atoms with van der Waals surface area (Å²) >= 11 is 0. The van der Waals surface area contributed by atoms with Crippen molar-refractivity contribution in [3.8, 4) is 5.69 Å². The Labute approximate surface area is 176 Å². The van der Waals surface area contributed by atoms with Gasteiger partial charge in [0.15, 0.2) is 0 Å². The van der Waals surface area contributed by atoms with Crippen LogP contribution in [0, 0.1) is 5.92 Å². The van der Waals surface area contributed by atoms with E-state index in [1.165, 1.54) is 0 Å². The number of carbonyl (C=O) groups is 3. The summed E-state index contributed by atoms with van der Waals surface area (Å²) in [6.45, 7) is 6.23. The molecule has 1 atom stereocenters. The quantitative estimate of drug-likeness (QED) is 0.758. The van der Waals surface area contributed by atoms with E-state index in [-0.39, 0.29) is 12.5 Å². The summed E-state index contributed by atoms with van der Waals surface area (Å²) < 4.78 is 7.22.